The molecule has 3 aromatic rings. The van der Waals surface area contributed by atoms with Crippen molar-refractivity contribution in [1.82, 2.24) is 9.97 Å². The van der Waals surface area contributed by atoms with Gasteiger partial charge in [0.1, 0.15) is 10.2 Å². The second-order valence-electron chi connectivity index (χ2n) is 3.59. The predicted octanol–water partition coefficient (Wildman–Crippen LogP) is 5.32. The minimum Gasteiger partial charge on any atom is -0.244 e. The molecular formula is C12H5Cl3N2S. The number of hydrogen-bond donors (Lipinski definition) is 0. The second-order valence-corrected chi connectivity index (χ2v) is 5.80. The number of nitrogens with zero attached hydrogens (tertiary/aromatic N) is 2. The zero-order valence-corrected chi connectivity index (χ0v) is 11.9. The summed E-state index contributed by atoms with van der Waals surface area (Å²) in [6, 6.07) is 7.28. The van der Waals surface area contributed by atoms with Crippen LogP contribution in [0.4, 0.5) is 0 Å². The van der Waals surface area contributed by atoms with E-state index in [1.165, 1.54) is 11.3 Å². The van der Waals surface area contributed by atoms with Crippen LogP contribution < -0.4 is 0 Å². The molecule has 0 unspecified atom stereocenters. The Kier molecular flexibility index (Phi) is 3.16. The van der Waals surface area contributed by atoms with Crippen LogP contribution in [0.5, 0.6) is 0 Å². The summed E-state index contributed by atoms with van der Waals surface area (Å²) < 4.78 is 0.972. The topological polar surface area (TPSA) is 25.8 Å². The lowest BCUT2D eigenvalue weighted by atomic mass is 10.3. The molecule has 0 radical (unpaired) electrons. The molecule has 0 saturated heterocycles. The lowest BCUT2D eigenvalue weighted by molar-refractivity contribution is 1.32. The maximum absolute atomic E-state index is 6.05. The van der Waals surface area contributed by atoms with Gasteiger partial charge < -0.3 is 0 Å². The van der Waals surface area contributed by atoms with Crippen LogP contribution in [-0.4, -0.2) is 9.97 Å². The molecule has 3 rings (SSSR count). The maximum Gasteiger partial charge on any atom is 0.139 e. The summed E-state index contributed by atoms with van der Waals surface area (Å²) in [5, 5.41) is 2.27. The molecule has 0 amide bonds. The van der Waals surface area contributed by atoms with Crippen molar-refractivity contribution in [1.29, 1.82) is 0 Å². The van der Waals surface area contributed by atoms with Gasteiger partial charge in [0.05, 0.1) is 20.3 Å². The highest BCUT2D eigenvalue weighted by Gasteiger charge is 2.11. The first-order valence-electron chi connectivity index (χ1n) is 5.01. The van der Waals surface area contributed by atoms with Crippen LogP contribution in [0.3, 0.4) is 0 Å². The third kappa shape index (κ3) is 2.08. The molecule has 0 N–H and O–H groups in total. The fourth-order valence-corrected chi connectivity index (χ4v) is 3.25. The van der Waals surface area contributed by atoms with E-state index in [4.69, 9.17) is 34.8 Å². The van der Waals surface area contributed by atoms with Crippen LogP contribution in [0, 0.1) is 0 Å². The van der Waals surface area contributed by atoms with Gasteiger partial charge in [-0.05, 0) is 24.3 Å². The predicted molar refractivity (Wildman–Crippen MR) is 77.9 cm³/mol. The van der Waals surface area contributed by atoms with Gasteiger partial charge in [-0.15, -0.1) is 11.3 Å². The molecular weight excluding hydrogens is 311 g/mol. The second kappa shape index (κ2) is 4.67. The van der Waals surface area contributed by atoms with Crippen LogP contribution >= 0.6 is 46.1 Å². The highest BCUT2D eigenvalue weighted by Crippen LogP contribution is 2.36. The third-order valence-electron chi connectivity index (χ3n) is 2.42. The zero-order valence-electron chi connectivity index (χ0n) is 8.82. The van der Waals surface area contributed by atoms with E-state index < -0.39 is 0 Å². The minimum atomic E-state index is 0.439. The van der Waals surface area contributed by atoms with E-state index in [1.54, 1.807) is 12.3 Å². The van der Waals surface area contributed by atoms with Gasteiger partial charge in [0.15, 0.2) is 0 Å². The summed E-state index contributed by atoms with van der Waals surface area (Å²) in [6.07, 6.45) is 1.65. The number of pyridine rings is 1. The SMILES string of the molecule is Clc1cc2nc(-c3cccnc3Cl)sc2cc1Cl. The summed E-state index contributed by atoms with van der Waals surface area (Å²) in [7, 11) is 0. The van der Waals surface area contributed by atoms with E-state index in [-0.39, 0.29) is 0 Å². The van der Waals surface area contributed by atoms with Gasteiger partial charge in [-0.1, -0.05) is 34.8 Å². The maximum atomic E-state index is 6.05. The Morgan fingerprint density at radius 3 is 2.61 bits per heavy atom. The molecule has 0 aliphatic carbocycles. The number of thiazole rings is 1. The van der Waals surface area contributed by atoms with E-state index in [9.17, 15) is 0 Å². The molecule has 0 spiro atoms. The normalized spacial score (nSPS) is 11.1. The molecule has 2 nitrogen and oxygen atoms in total. The van der Waals surface area contributed by atoms with Crippen LogP contribution in [0.15, 0.2) is 30.5 Å². The standard InChI is InChI=1S/C12H5Cl3N2S/c13-7-4-9-10(5-8(7)14)18-12(17-9)6-2-1-3-16-11(6)15/h1-5H. The number of rotatable bonds is 1. The Morgan fingerprint density at radius 2 is 1.83 bits per heavy atom. The molecule has 1 aromatic carbocycles. The van der Waals surface area contributed by atoms with Gasteiger partial charge in [-0.3, -0.25) is 0 Å². The zero-order chi connectivity index (χ0) is 12.7. The minimum absolute atomic E-state index is 0.439. The number of hydrogen-bond acceptors (Lipinski definition) is 3. The summed E-state index contributed by atoms with van der Waals surface area (Å²) in [5.74, 6) is 0. The molecule has 2 aromatic heterocycles. The summed E-state index contributed by atoms with van der Waals surface area (Å²) in [6.45, 7) is 0. The Bertz CT molecular complexity index is 700. The summed E-state index contributed by atoms with van der Waals surface area (Å²) in [5.41, 5.74) is 1.62. The molecule has 6 heteroatoms. The first-order valence-corrected chi connectivity index (χ1v) is 6.96. The summed E-state index contributed by atoms with van der Waals surface area (Å²) >= 11 is 19.5. The van der Waals surface area contributed by atoms with Crippen molar-refractivity contribution in [3.63, 3.8) is 0 Å². The Morgan fingerprint density at radius 1 is 1.06 bits per heavy atom. The van der Waals surface area contributed by atoms with Crippen molar-refractivity contribution in [3.8, 4) is 10.6 Å². The van der Waals surface area contributed by atoms with Gasteiger partial charge in [0.25, 0.3) is 0 Å². The average molecular weight is 316 g/mol. The van der Waals surface area contributed by atoms with Gasteiger partial charge in [-0.2, -0.15) is 0 Å². The van der Waals surface area contributed by atoms with Crippen LogP contribution in [0.1, 0.15) is 0 Å². The van der Waals surface area contributed by atoms with Gasteiger partial charge >= 0.3 is 0 Å². The van der Waals surface area contributed by atoms with Crippen molar-refractivity contribution in [3.05, 3.63) is 45.7 Å². The summed E-state index contributed by atoms with van der Waals surface area (Å²) in [4.78, 5) is 8.54. The third-order valence-corrected chi connectivity index (χ3v) is 4.49. The smallest absolute Gasteiger partial charge is 0.139 e. The molecule has 0 bridgehead atoms. The van der Waals surface area contributed by atoms with Crippen molar-refractivity contribution in [2.24, 2.45) is 0 Å². The van der Waals surface area contributed by atoms with E-state index in [2.05, 4.69) is 9.97 Å². The van der Waals surface area contributed by atoms with E-state index >= 15 is 0 Å². The van der Waals surface area contributed by atoms with Crippen LogP contribution in [0.2, 0.25) is 15.2 Å². The molecule has 90 valence electrons. The fraction of sp³-hybridized carbons (Fsp3) is 0. The van der Waals surface area contributed by atoms with E-state index in [1.807, 2.05) is 18.2 Å². The Hall–Kier alpha value is -0.870. The fourth-order valence-electron chi connectivity index (χ4n) is 1.58. The first kappa shape index (κ1) is 12.2. The molecule has 0 aliphatic heterocycles. The number of halogens is 3. The first-order chi connectivity index (χ1) is 8.65. The highest BCUT2D eigenvalue weighted by atomic mass is 35.5. The molecule has 0 fully saturated rings. The van der Waals surface area contributed by atoms with Gasteiger partial charge in [0.2, 0.25) is 0 Å². The number of fused-ring (bicyclic) bond motifs is 1. The molecule has 18 heavy (non-hydrogen) atoms. The molecule has 0 atom stereocenters. The van der Waals surface area contributed by atoms with Gasteiger partial charge in [-0.25, -0.2) is 9.97 Å². The highest BCUT2D eigenvalue weighted by molar-refractivity contribution is 7.21. The van der Waals surface area contributed by atoms with Crippen molar-refractivity contribution in [2.75, 3.05) is 0 Å². The quantitative estimate of drug-likeness (QED) is 0.568. The monoisotopic (exact) mass is 314 g/mol. The van der Waals surface area contributed by atoms with Crippen LogP contribution in [-0.2, 0) is 0 Å². The molecule has 0 aliphatic rings. The van der Waals surface area contributed by atoms with E-state index in [0.717, 1.165) is 20.8 Å². The number of aromatic nitrogens is 2. The molecule has 0 saturated carbocycles. The lowest BCUT2D eigenvalue weighted by Gasteiger charge is -1.96. The largest absolute Gasteiger partial charge is 0.244 e. The number of benzene rings is 1. The Balaban J connectivity index is 2.23. The van der Waals surface area contributed by atoms with Crippen molar-refractivity contribution < 1.29 is 0 Å². The van der Waals surface area contributed by atoms with Crippen LogP contribution in [0.25, 0.3) is 20.8 Å². The van der Waals surface area contributed by atoms with Gasteiger partial charge in [0, 0.05) is 11.8 Å². The molecule has 2 heterocycles. The Labute approximate surface area is 122 Å². The van der Waals surface area contributed by atoms with Crippen molar-refractivity contribution in [2.45, 2.75) is 0 Å². The van der Waals surface area contributed by atoms with Crippen molar-refractivity contribution >= 4 is 56.4 Å². The van der Waals surface area contributed by atoms with E-state index in [0.29, 0.717) is 15.2 Å². The average Bonchev–Trinajstić information content (AvgIpc) is 2.73. The lowest BCUT2D eigenvalue weighted by Crippen LogP contribution is -1.80.